The van der Waals surface area contributed by atoms with Crippen LogP contribution in [0.2, 0.25) is 0 Å². The molecule has 10 aromatic carbocycles. The Kier molecular flexibility index (Phi) is 11.9. The summed E-state index contributed by atoms with van der Waals surface area (Å²) in [7, 11) is 0. The Labute approximate surface area is 456 Å². The van der Waals surface area contributed by atoms with Crippen molar-refractivity contribution < 1.29 is 0 Å². The van der Waals surface area contributed by atoms with Crippen molar-refractivity contribution >= 4 is 34.1 Å². The average molecular weight is 995 g/mol. The second kappa shape index (κ2) is 19.4. The summed E-state index contributed by atoms with van der Waals surface area (Å²) >= 11 is 0. The zero-order valence-corrected chi connectivity index (χ0v) is 44.7. The van der Waals surface area contributed by atoms with E-state index in [1.54, 1.807) is 5.56 Å². The molecule has 5 aliphatic carbocycles. The van der Waals surface area contributed by atoms with Gasteiger partial charge in [0.2, 0.25) is 0 Å². The topological polar surface area (TPSA) is 6.48 Å². The van der Waals surface area contributed by atoms with Gasteiger partial charge in [-0.2, -0.15) is 0 Å². The van der Waals surface area contributed by atoms with Crippen LogP contribution in [-0.2, 0) is 11.8 Å². The maximum absolute atomic E-state index is 2.49. The minimum atomic E-state index is 0.395. The monoisotopic (exact) mass is 995 g/mol. The fourth-order valence-electron chi connectivity index (χ4n) is 14.6. The third-order valence-corrected chi connectivity index (χ3v) is 18.3. The Morgan fingerprint density at radius 1 is 0.351 bits per heavy atom. The number of nitrogens with zero attached hydrogens (tertiary/aromatic N) is 2. The molecule has 2 heteroatoms. The normalized spacial score (nSPS) is 18.9. The summed E-state index contributed by atoms with van der Waals surface area (Å²) in [6.45, 7) is 6.66. The van der Waals surface area contributed by atoms with E-state index in [2.05, 4.69) is 261 Å². The maximum Gasteiger partial charge on any atom is 0.0491 e. The highest BCUT2D eigenvalue weighted by atomic mass is 15.1. The Balaban J connectivity index is 0.736. The number of fused-ring (bicyclic) bond motifs is 4. The molecule has 10 aromatic rings. The molecular weight excluding hydrogens is 929 g/mol. The molecule has 0 saturated heterocycles. The Bertz CT molecular complexity index is 3760. The minimum absolute atomic E-state index is 0.395. The molecule has 0 amide bonds. The van der Waals surface area contributed by atoms with Gasteiger partial charge in [0.1, 0.15) is 0 Å². The molecular formula is C75H66N2. The van der Waals surface area contributed by atoms with Crippen LogP contribution in [0.25, 0.3) is 55.6 Å². The molecule has 0 spiro atoms. The molecule has 0 heterocycles. The van der Waals surface area contributed by atoms with Gasteiger partial charge in [-0.05, 0) is 252 Å². The van der Waals surface area contributed by atoms with Gasteiger partial charge in [0, 0.05) is 34.1 Å². The first-order valence-corrected chi connectivity index (χ1v) is 28.3. The smallest absolute Gasteiger partial charge is 0.0491 e. The highest BCUT2D eigenvalue weighted by Gasteiger charge is 2.48. The summed E-state index contributed by atoms with van der Waals surface area (Å²) < 4.78 is 0. The van der Waals surface area contributed by atoms with E-state index in [-0.39, 0.29) is 0 Å². The molecule has 5 aliphatic rings. The predicted octanol–water partition coefficient (Wildman–Crippen LogP) is 20.6. The number of aryl methyl sites for hydroxylation is 3. The first kappa shape index (κ1) is 47.3. The molecule has 376 valence electrons. The van der Waals surface area contributed by atoms with E-state index in [1.165, 1.54) is 145 Å². The number of anilines is 6. The van der Waals surface area contributed by atoms with Crippen LogP contribution >= 0.6 is 0 Å². The molecule has 4 fully saturated rings. The van der Waals surface area contributed by atoms with Crippen LogP contribution in [0, 0.1) is 38.5 Å². The standard InChI is InChI=1S/C75H66N2/c1-50-13-29-67(30-14-50)77(70-35-36-72-65(47-70)46-64-11-7-8-12-71(64)72)74-38-26-63(42-52(74)3)61-17-15-60(16-18-61)62-25-37-73(51(2)41-62)76(68-31-21-58(22-32-68)56-9-5-4-6-10-56)69-33-23-59(24-34-69)57-19-27-66(28-20-57)75-40-39-53-43-54(48-75)45-55(44-53)49-75/h4-38,41-42,47,53-55H,39-40,43-46,48-49H2,1-3H3/t53?,54-,55+,75?. The zero-order valence-electron chi connectivity index (χ0n) is 44.7. The maximum atomic E-state index is 2.49. The van der Waals surface area contributed by atoms with E-state index in [4.69, 9.17) is 0 Å². The fourth-order valence-corrected chi connectivity index (χ4v) is 14.6. The molecule has 0 radical (unpaired) electrons. The summed E-state index contributed by atoms with van der Waals surface area (Å²) in [6.07, 6.45) is 11.0. The first-order chi connectivity index (χ1) is 37.8. The van der Waals surface area contributed by atoms with Crippen molar-refractivity contribution in [2.24, 2.45) is 17.8 Å². The second-order valence-electron chi connectivity index (χ2n) is 23.3. The predicted molar refractivity (Wildman–Crippen MR) is 324 cm³/mol. The average Bonchev–Trinajstić information content (AvgIpc) is 3.78. The Hall–Kier alpha value is -8.20. The van der Waals surface area contributed by atoms with Crippen molar-refractivity contribution in [3.05, 3.63) is 264 Å². The molecule has 0 aromatic heterocycles. The molecule has 77 heavy (non-hydrogen) atoms. The molecule has 15 rings (SSSR count). The van der Waals surface area contributed by atoms with Gasteiger partial charge in [-0.3, -0.25) is 0 Å². The molecule has 4 bridgehead atoms. The third kappa shape index (κ3) is 8.88. The number of hydrogen-bond acceptors (Lipinski definition) is 2. The summed E-state index contributed by atoms with van der Waals surface area (Å²) in [5.74, 6) is 2.86. The number of benzene rings is 10. The van der Waals surface area contributed by atoms with Crippen LogP contribution < -0.4 is 9.80 Å². The minimum Gasteiger partial charge on any atom is -0.310 e. The van der Waals surface area contributed by atoms with Gasteiger partial charge >= 0.3 is 0 Å². The van der Waals surface area contributed by atoms with E-state index >= 15 is 0 Å². The van der Waals surface area contributed by atoms with E-state index in [9.17, 15) is 0 Å². The van der Waals surface area contributed by atoms with Crippen LogP contribution in [-0.4, -0.2) is 0 Å². The number of hydrogen-bond donors (Lipinski definition) is 0. The van der Waals surface area contributed by atoms with Gasteiger partial charge in [-0.15, -0.1) is 0 Å². The van der Waals surface area contributed by atoms with Crippen LogP contribution in [0.3, 0.4) is 0 Å². The van der Waals surface area contributed by atoms with Gasteiger partial charge in [0.05, 0.1) is 0 Å². The summed E-state index contributed by atoms with van der Waals surface area (Å²) in [4.78, 5) is 4.85. The summed E-state index contributed by atoms with van der Waals surface area (Å²) in [6, 6.07) is 86.6. The number of rotatable bonds is 11. The molecule has 2 unspecified atom stereocenters. The van der Waals surface area contributed by atoms with Crippen LogP contribution in [0.1, 0.15) is 78.3 Å². The van der Waals surface area contributed by atoms with Gasteiger partial charge in [0.25, 0.3) is 0 Å². The van der Waals surface area contributed by atoms with Gasteiger partial charge < -0.3 is 9.80 Å². The van der Waals surface area contributed by atoms with Crippen molar-refractivity contribution in [1.82, 2.24) is 0 Å². The van der Waals surface area contributed by atoms with E-state index in [0.717, 1.165) is 41.2 Å². The summed E-state index contributed by atoms with van der Waals surface area (Å²) in [5, 5.41) is 0. The molecule has 4 saturated carbocycles. The van der Waals surface area contributed by atoms with E-state index in [1.807, 2.05) is 0 Å². The van der Waals surface area contributed by atoms with Crippen molar-refractivity contribution in [3.8, 4) is 55.6 Å². The molecule has 4 atom stereocenters. The lowest BCUT2D eigenvalue weighted by Crippen LogP contribution is -2.37. The van der Waals surface area contributed by atoms with E-state index < -0.39 is 0 Å². The largest absolute Gasteiger partial charge is 0.310 e. The van der Waals surface area contributed by atoms with Gasteiger partial charge in [-0.25, -0.2) is 0 Å². The van der Waals surface area contributed by atoms with Crippen molar-refractivity contribution in [1.29, 1.82) is 0 Å². The van der Waals surface area contributed by atoms with Crippen molar-refractivity contribution in [2.45, 2.75) is 77.6 Å². The Morgan fingerprint density at radius 2 is 0.779 bits per heavy atom. The molecule has 2 nitrogen and oxygen atoms in total. The Morgan fingerprint density at radius 3 is 1.35 bits per heavy atom. The van der Waals surface area contributed by atoms with Crippen LogP contribution in [0.4, 0.5) is 34.1 Å². The molecule has 0 aliphatic heterocycles. The highest BCUT2D eigenvalue weighted by Crippen LogP contribution is 2.58. The third-order valence-electron chi connectivity index (χ3n) is 18.3. The first-order valence-electron chi connectivity index (χ1n) is 28.3. The lowest BCUT2D eigenvalue weighted by atomic mass is 9.59. The van der Waals surface area contributed by atoms with Crippen molar-refractivity contribution in [3.63, 3.8) is 0 Å². The molecule has 0 N–H and O–H groups in total. The van der Waals surface area contributed by atoms with Gasteiger partial charge in [-0.1, -0.05) is 163 Å². The quantitative estimate of drug-likeness (QED) is 0.127. The van der Waals surface area contributed by atoms with Crippen LogP contribution in [0.5, 0.6) is 0 Å². The van der Waals surface area contributed by atoms with E-state index in [0.29, 0.717) is 5.41 Å². The lowest BCUT2D eigenvalue weighted by molar-refractivity contribution is 0.113. The lowest BCUT2D eigenvalue weighted by Gasteiger charge is -2.45. The zero-order chi connectivity index (χ0) is 51.6. The highest BCUT2D eigenvalue weighted by molar-refractivity contribution is 5.86. The van der Waals surface area contributed by atoms with Gasteiger partial charge in [0.15, 0.2) is 0 Å². The summed E-state index contributed by atoms with van der Waals surface area (Å²) in [5.41, 5.74) is 28.0. The second-order valence-corrected chi connectivity index (χ2v) is 23.3. The fraction of sp³-hybridized carbons (Fsp3) is 0.200. The van der Waals surface area contributed by atoms with Crippen molar-refractivity contribution in [2.75, 3.05) is 9.80 Å². The SMILES string of the molecule is Cc1ccc(N(c2ccc3c(c2)Cc2ccccc2-3)c2ccc(-c3ccc(-c4ccc(N(c5ccc(-c6ccccc6)cc5)c5ccc(-c6ccc(C78CCC9C[C@H](C[C@H](C9)C7)C8)cc6)cc5)c(C)c4)cc3)cc2C)cc1. The van der Waals surface area contributed by atoms with Crippen LogP contribution in [0.15, 0.2) is 231 Å².